The van der Waals surface area contributed by atoms with Gasteiger partial charge in [0.2, 0.25) is 0 Å². The lowest BCUT2D eigenvalue weighted by atomic mass is 9.98. The molecule has 0 saturated carbocycles. The van der Waals surface area contributed by atoms with Gasteiger partial charge in [0.05, 0.1) is 0 Å². The van der Waals surface area contributed by atoms with Gasteiger partial charge in [-0.15, -0.1) is 34.8 Å². The fourth-order valence-electron chi connectivity index (χ4n) is 2.25. The minimum absolute atomic E-state index is 0.0638. The van der Waals surface area contributed by atoms with Crippen LogP contribution in [0, 0.1) is 0 Å². The maximum Gasteiger partial charge on any atom is 0.321 e. The molecule has 0 aliphatic carbocycles. The third-order valence-corrected chi connectivity index (χ3v) is 4.09. The Hall–Kier alpha value is -1.33. The summed E-state index contributed by atoms with van der Waals surface area (Å²) in [6.07, 6.45) is -7.58. The van der Waals surface area contributed by atoms with Gasteiger partial charge in [-0.1, -0.05) is 6.92 Å². The van der Waals surface area contributed by atoms with Gasteiger partial charge in [-0.3, -0.25) is 19.2 Å². The van der Waals surface area contributed by atoms with Crippen LogP contribution in [-0.4, -0.2) is 83.9 Å². The topological polar surface area (TPSA) is 135 Å². The molecule has 1 aliphatic heterocycles. The quantitative estimate of drug-likeness (QED) is 0.284. The number of hydrogen-bond acceptors (Lipinski definition) is 10. The molecule has 0 amide bonds. The molecule has 1 saturated heterocycles. The molecule has 0 aromatic rings. The van der Waals surface area contributed by atoms with Crippen LogP contribution in [0.5, 0.6) is 0 Å². The number of aliphatic hydroxyl groups excluding tert-OH is 1. The van der Waals surface area contributed by atoms with Crippen LogP contribution in [0.15, 0.2) is 0 Å². The fraction of sp³-hybridized carbons (Fsp3) is 0.733. The van der Waals surface area contributed by atoms with Gasteiger partial charge in [-0.25, -0.2) is 0 Å². The molecule has 13 heteroatoms. The van der Waals surface area contributed by atoms with E-state index in [1.807, 2.05) is 0 Å². The molecule has 5 atom stereocenters. The lowest BCUT2D eigenvalue weighted by Gasteiger charge is -2.42. The molecule has 1 rings (SSSR count). The standard InChI is InChI=1S/C15H19Cl3O10/c1-2-8(19)26-13-12(27-10(21)4-17)7(6-24-9(20)3-16)25-15(23)14(13)28-11(22)5-18/h7,12-15,23H,2-6H2,1H3/t7?,12-,13+,14-,15+/m1/s1. The normalized spacial score (nSPS) is 26.8. The van der Waals surface area contributed by atoms with Crippen LogP contribution in [0.25, 0.3) is 0 Å². The molecule has 0 bridgehead atoms. The Kier molecular flexibility index (Phi) is 10.8. The molecule has 0 spiro atoms. The molecule has 0 aromatic carbocycles. The zero-order valence-electron chi connectivity index (χ0n) is 14.7. The van der Waals surface area contributed by atoms with Crippen LogP contribution in [0.2, 0.25) is 0 Å². The van der Waals surface area contributed by atoms with Crippen molar-refractivity contribution < 1.29 is 48.0 Å². The smallest absolute Gasteiger partial charge is 0.321 e. The number of carbonyl (C=O) groups is 4. The van der Waals surface area contributed by atoms with Gasteiger partial charge in [0.1, 0.15) is 30.4 Å². The first-order valence-electron chi connectivity index (χ1n) is 8.02. The molecule has 28 heavy (non-hydrogen) atoms. The molecular weight excluding hydrogens is 447 g/mol. The summed E-state index contributed by atoms with van der Waals surface area (Å²) >= 11 is 16.2. The van der Waals surface area contributed by atoms with Gasteiger partial charge in [0, 0.05) is 6.42 Å². The minimum Gasteiger partial charge on any atom is -0.462 e. The highest BCUT2D eigenvalue weighted by Crippen LogP contribution is 2.28. The Balaban J connectivity index is 3.17. The molecule has 1 N–H and O–H groups in total. The van der Waals surface area contributed by atoms with Crippen molar-refractivity contribution in [3.63, 3.8) is 0 Å². The fourth-order valence-corrected chi connectivity index (χ4v) is 2.45. The van der Waals surface area contributed by atoms with Gasteiger partial charge in [-0.2, -0.15) is 0 Å². The maximum absolute atomic E-state index is 11.8. The summed E-state index contributed by atoms with van der Waals surface area (Å²) in [7, 11) is 0. The van der Waals surface area contributed by atoms with Crippen molar-refractivity contribution in [3.8, 4) is 0 Å². The van der Waals surface area contributed by atoms with E-state index in [1.54, 1.807) is 0 Å². The van der Waals surface area contributed by atoms with Gasteiger partial charge in [-0.05, 0) is 0 Å². The summed E-state index contributed by atoms with van der Waals surface area (Å²) in [6, 6.07) is 0. The second-order valence-corrected chi connectivity index (χ2v) is 6.17. The lowest BCUT2D eigenvalue weighted by Crippen LogP contribution is -2.62. The third-order valence-electron chi connectivity index (χ3n) is 3.44. The summed E-state index contributed by atoms with van der Waals surface area (Å²) in [4.78, 5) is 46.4. The van der Waals surface area contributed by atoms with Gasteiger partial charge in [0.25, 0.3) is 0 Å². The predicted octanol–water partition coefficient (Wildman–Crippen LogP) is 0.109. The van der Waals surface area contributed by atoms with E-state index >= 15 is 0 Å². The number of rotatable bonds is 9. The highest BCUT2D eigenvalue weighted by Gasteiger charge is 2.52. The monoisotopic (exact) mass is 464 g/mol. The molecule has 1 fully saturated rings. The van der Waals surface area contributed by atoms with E-state index in [-0.39, 0.29) is 6.42 Å². The SMILES string of the molecule is CCC(=O)O[C@@H]1[C@@H](OC(=O)CCl)[C@@H](O)OC(COC(=O)CCl)[C@H]1OC(=O)CCl. The summed E-state index contributed by atoms with van der Waals surface area (Å²) in [5.74, 6) is -4.96. The maximum atomic E-state index is 11.8. The van der Waals surface area contributed by atoms with E-state index in [2.05, 4.69) is 0 Å². The Labute approximate surface area is 175 Å². The third kappa shape index (κ3) is 7.25. The van der Waals surface area contributed by atoms with Crippen LogP contribution < -0.4 is 0 Å². The van der Waals surface area contributed by atoms with E-state index in [0.29, 0.717) is 0 Å². The molecule has 1 heterocycles. The number of ether oxygens (including phenoxy) is 5. The van der Waals surface area contributed by atoms with Crippen molar-refractivity contribution in [2.45, 2.75) is 44.1 Å². The highest BCUT2D eigenvalue weighted by molar-refractivity contribution is 6.27. The number of aliphatic hydroxyl groups is 1. The van der Waals surface area contributed by atoms with E-state index < -0.39 is 78.8 Å². The zero-order valence-corrected chi connectivity index (χ0v) is 16.9. The van der Waals surface area contributed by atoms with Crippen LogP contribution >= 0.6 is 34.8 Å². The van der Waals surface area contributed by atoms with Crippen molar-refractivity contribution in [2.24, 2.45) is 0 Å². The van der Waals surface area contributed by atoms with E-state index in [9.17, 15) is 24.3 Å². The van der Waals surface area contributed by atoms with Crippen molar-refractivity contribution >= 4 is 58.7 Å². The Bertz CT molecular complexity index is 572. The van der Waals surface area contributed by atoms with Crippen LogP contribution in [0.1, 0.15) is 13.3 Å². The van der Waals surface area contributed by atoms with Gasteiger partial charge < -0.3 is 28.8 Å². The molecular formula is C15H19Cl3O10. The molecule has 1 unspecified atom stereocenters. The average molecular weight is 466 g/mol. The number of halogens is 3. The van der Waals surface area contributed by atoms with Crippen molar-refractivity contribution in [1.29, 1.82) is 0 Å². The Morgan fingerprint density at radius 3 is 1.82 bits per heavy atom. The van der Waals surface area contributed by atoms with Gasteiger partial charge in [0.15, 0.2) is 24.6 Å². The molecule has 160 valence electrons. The first-order chi connectivity index (χ1) is 13.3. The number of alkyl halides is 3. The van der Waals surface area contributed by atoms with Crippen LogP contribution in [0.4, 0.5) is 0 Å². The average Bonchev–Trinajstić information content (AvgIpc) is 2.69. The minimum atomic E-state index is -1.80. The van der Waals surface area contributed by atoms with Gasteiger partial charge >= 0.3 is 23.9 Å². The second kappa shape index (κ2) is 12.3. The summed E-state index contributed by atoms with van der Waals surface area (Å²) in [5, 5.41) is 10.2. The lowest BCUT2D eigenvalue weighted by molar-refractivity contribution is -0.296. The first-order valence-corrected chi connectivity index (χ1v) is 9.63. The molecule has 0 radical (unpaired) electrons. The molecule has 10 nitrogen and oxygen atoms in total. The molecule has 0 aromatic heterocycles. The number of hydrogen-bond donors (Lipinski definition) is 1. The van der Waals surface area contributed by atoms with E-state index in [0.717, 1.165) is 0 Å². The van der Waals surface area contributed by atoms with E-state index in [4.69, 9.17) is 58.5 Å². The van der Waals surface area contributed by atoms with Crippen LogP contribution in [-0.2, 0) is 42.9 Å². The molecule has 1 aliphatic rings. The predicted molar refractivity (Wildman–Crippen MR) is 93.9 cm³/mol. The largest absolute Gasteiger partial charge is 0.462 e. The van der Waals surface area contributed by atoms with Crippen molar-refractivity contribution in [1.82, 2.24) is 0 Å². The summed E-state index contributed by atoms with van der Waals surface area (Å²) < 4.78 is 25.4. The zero-order chi connectivity index (χ0) is 21.3. The Morgan fingerprint density at radius 2 is 1.32 bits per heavy atom. The van der Waals surface area contributed by atoms with Crippen molar-refractivity contribution in [2.75, 3.05) is 24.2 Å². The number of carbonyl (C=O) groups excluding carboxylic acids is 4. The van der Waals surface area contributed by atoms with E-state index in [1.165, 1.54) is 6.92 Å². The van der Waals surface area contributed by atoms with Crippen molar-refractivity contribution in [3.05, 3.63) is 0 Å². The summed E-state index contributed by atoms with van der Waals surface area (Å²) in [6.45, 7) is 0.997. The second-order valence-electron chi connectivity index (χ2n) is 5.37. The highest BCUT2D eigenvalue weighted by atomic mass is 35.5. The number of esters is 4. The first kappa shape index (κ1) is 24.7. The Morgan fingerprint density at radius 1 is 0.821 bits per heavy atom. The van der Waals surface area contributed by atoms with Crippen LogP contribution in [0.3, 0.4) is 0 Å². The summed E-state index contributed by atoms with van der Waals surface area (Å²) in [5.41, 5.74) is 0.